The number of thiazole rings is 1. The lowest BCUT2D eigenvalue weighted by atomic mass is 10.2. The van der Waals surface area contributed by atoms with E-state index < -0.39 is 0 Å². The highest BCUT2D eigenvalue weighted by atomic mass is 32.1. The highest BCUT2D eigenvalue weighted by molar-refractivity contribution is 7.13. The molecule has 120 valence electrons. The molecule has 0 amide bonds. The average molecular weight is 331 g/mol. The molecule has 0 bridgehead atoms. The predicted octanol–water partition coefficient (Wildman–Crippen LogP) is 1.26. The second-order valence-electron chi connectivity index (χ2n) is 5.08. The van der Waals surface area contributed by atoms with Crippen LogP contribution in [0, 0.1) is 18.3 Å². The van der Waals surface area contributed by atoms with Crippen molar-refractivity contribution in [2.24, 2.45) is 0 Å². The number of rotatable bonds is 5. The first kappa shape index (κ1) is 15.6. The third-order valence-electron chi connectivity index (χ3n) is 3.36. The third-order valence-corrected chi connectivity index (χ3v) is 4.11. The van der Waals surface area contributed by atoms with E-state index in [2.05, 4.69) is 31.1 Å². The molecule has 0 radical (unpaired) electrons. The molecule has 1 aliphatic rings. The van der Waals surface area contributed by atoms with Gasteiger partial charge in [0.15, 0.2) is 16.6 Å². The molecule has 1 atom stereocenters. The number of aryl methyl sites for hydroxylation is 1. The average Bonchev–Trinajstić information content (AvgIpc) is 3.04. The second-order valence-corrected chi connectivity index (χ2v) is 5.94. The number of ether oxygens (including phenoxy) is 1. The number of nitrogens with one attached hydrogen (secondary N) is 3. The standard InChI is InChI=1S/C14H17N7OS/c1-9-12(17-7-11-6-16-2-3-22-11)4-13(21-20-9)19-14-18-10(5-15)8-23-14/h4,8,11,16H,2-3,6-7H2,1H3,(H2,17,18,19,21). The summed E-state index contributed by atoms with van der Waals surface area (Å²) < 4.78 is 5.66. The number of nitriles is 1. The van der Waals surface area contributed by atoms with Gasteiger partial charge in [0, 0.05) is 31.1 Å². The molecule has 2 aromatic rings. The zero-order valence-corrected chi connectivity index (χ0v) is 13.5. The lowest BCUT2D eigenvalue weighted by Crippen LogP contribution is -2.42. The van der Waals surface area contributed by atoms with Crippen molar-refractivity contribution < 1.29 is 4.74 Å². The van der Waals surface area contributed by atoms with Crippen molar-refractivity contribution >= 4 is 28.0 Å². The van der Waals surface area contributed by atoms with Crippen molar-refractivity contribution in [3.8, 4) is 6.07 Å². The van der Waals surface area contributed by atoms with Gasteiger partial charge < -0.3 is 20.7 Å². The summed E-state index contributed by atoms with van der Waals surface area (Å²) in [5.74, 6) is 0.583. The first-order valence-corrected chi connectivity index (χ1v) is 8.16. The number of morpholine rings is 1. The van der Waals surface area contributed by atoms with E-state index in [1.54, 1.807) is 5.38 Å². The number of aromatic nitrogens is 3. The Hall–Kier alpha value is -2.28. The van der Waals surface area contributed by atoms with Crippen LogP contribution in [0.25, 0.3) is 0 Å². The summed E-state index contributed by atoms with van der Waals surface area (Å²) in [5.41, 5.74) is 2.10. The molecule has 9 heteroatoms. The fourth-order valence-electron chi connectivity index (χ4n) is 2.16. The molecule has 2 aromatic heterocycles. The normalized spacial score (nSPS) is 17.5. The van der Waals surface area contributed by atoms with Crippen LogP contribution >= 0.6 is 11.3 Å². The van der Waals surface area contributed by atoms with Crippen LogP contribution in [0.3, 0.4) is 0 Å². The Balaban J connectivity index is 1.64. The lowest BCUT2D eigenvalue weighted by Gasteiger charge is -2.24. The molecule has 3 rings (SSSR count). The minimum Gasteiger partial charge on any atom is -0.381 e. The van der Waals surface area contributed by atoms with Crippen LogP contribution in [0.2, 0.25) is 0 Å². The Morgan fingerprint density at radius 3 is 3.17 bits per heavy atom. The van der Waals surface area contributed by atoms with Gasteiger partial charge in [0.2, 0.25) is 0 Å². The van der Waals surface area contributed by atoms with Gasteiger partial charge in [-0.05, 0) is 6.92 Å². The Labute approximate surface area is 137 Å². The van der Waals surface area contributed by atoms with Crippen LogP contribution in [-0.4, -0.2) is 47.5 Å². The first-order chi connectivity index (χ1) is 11.2. The van der Waals surface area contributed by atoms with Gasteiger partial charge in [-0.2, -0.15) is 10.4 Å². The zero-order valence-electron chi connectivity index (χ0n) is 12.7. The number of hydrogen-bond acceptors (Lipinski definition) is 9. The molecule has 3 N–H and O–H groups in total. The van der Waals surface area contributed by atoms with Crippen LogP contribution in [0.5, 0.6) is 0 Å². The summed E-state index contributed by atoms with van der Waals surface area (Å²) >= 11 is 1.35. The van der Waals surface area contributed by atoms with Crippen molar-refractivity contribution in [3.63, 3.8) is 0 Å². The Morgan fingerprint density at radius 1 is 1.52 bits per heavy atom. The van der Waals surface area contributed by atoms with Crippen molar-refractivity contribution in [1.82, 2.24) is 20.5 Å². The molecule has 0 aromatic carbocycles. The Bertz CT molecular complexity index is 705. The Morgan fingerprint density at radius 2 is 2.43 bits per heavy atom. The van der Waals surface area contributed by atoms with Crippen LogP contribution in [0.15, 0.2) is 11.4 Å². The molecule has 1 unspecified atom stereocenters. The van der Waals surface area contributed by atoms with E-state index in [4.69, 9.17) is 10.00 Å². The molecule has 8 nitrogen and oxygen atoms in total. The lowest BCUT2D eigenvalue weighted by molar-refractivity contribution is 0.0372. The van der Waals surface area contributed by atoms with E-state index in [9.17, 15) is 0 Å². The van der Waals surface area contributed by atoms with Crippen molar-refractivity contribution in [2.45, 2.75) is 13.0 Å². The van der Waals surface area contributed by atoms with E-state index in [1.807, 2.05) is 19.1 Å². The Kier molecular flexibility index (Phi) is 4.97. The maximum atomic E-state index is 8.80. The maximum absolute atomic E-state index is 8.80. The van der Waals surface area contributed by atoms with E-state index in [0.717, 1.165) is 31.1 Å². The number of anilines is 3. The van der Waals surface area contributed by atoms with Gasteiger partial charge in [-0.1, -0.05) is 0 Å². The van der Waals surface area contributed by atoms with Crippen LogP contribution in [0.4, 0.5) is 16.6 Å². The number of hydrogen-bond donors (Lipinski definition) is 3. The molecule has 3 heterocycles. The van der Waals surface area contributed by atoms with Gasteiger partial charge in [0.25, 0.3) is 0 Å². The molecular weight excluding hydrogens is 314 g/mol. The topological polar surface area (TPSA) is 108 Å². The summed E-state index contributed by atoms with van der Waals surface area (Å²) in [4.78, 5) is 4.13. The molecule has 0 aliphatic carbocycles. The third kappa shape index (κ3) is 4.13. The first-order valence-electron chi connectivity index (χ1n) is 7.28. The minimum atomic E-state index is 0.143. The zero-order chi connectivity index (χ0) is 16.1. The fourth-order valence-corrected chi connectivity index (χ4v) is 2.80. The maximum Gasteiger partial charge on any atom is 0.189 e. The van der Waals surface area contributed by atoms with Gasteiger partial charge in [0.05, 0.1) is 24.1 Å². The van der Waals surface area contributed by atoms with E-state index >= 15 is 0 Å². The molecule has 0 saturated carbocycles. The van der Waals surface area contributed by atoms with Crippen molar-refractivity contribution in [2.75, 3.05) is 36.9 Å². The monoisotopic (exact) mass is 331 g/mol. The summed E-state index contributed by atoms with van der Waals surface area (Å²) in [6.07, 6.45) is 0.143. The van der Waals surface area contributed by atoms with Gasteiger partial charge in [-0.15, -0.1) is 16.4 Å². The summed E-state index contributed by atoms with van der Waals surface area (Å²) in [6.45, 7) is 5.08. The van der Waals surface area contributed by atoms with Crippen molar-refractivity contribution in [1.29, 1.82) is 5.26 Å². The summed E-state index contributed by atoms with van der Waals surface area (Å²) in [7, 11) is 0. The van der Waals surface area contributed by atoms with Gasteiger partial charge >= 0.3 is 0 Å². The molecule has 1 aliphatic heterocycles. The van der Waals surface area contributed by atoms with Crippen LogP contribution < -0.4 is 16.0 Å². The van der Waals surface area contributed by atoms with Crippen molar-refractivity contribution in [3.05, 3.63) is 22.8 Å². The smallest absolute Gasteiger partial charge is 0.189 e. The van der Waals surface area contributed by atoms with E-state index in [-0.39, 0.29) is 6.10 Å². The fraction of sp³-hybridized carbons (Fsp3) is 0.429. The summed E-state index contributed by atoms with van der Waals surface area (Å²) in [5, 5.41) is 29.1. The quantitative estimate of drug-likeness (QED) is 0.751. The van der Waals surface area contributed by atoms with Crippen LogP contribution in [0.1, 0.15) is 11.4 Å². The molecule has 1 fully saturated rings. The molecule has 1 saturated heterocycles. The SMILES string of the molecule is Cc1nnc(Nc2nc(C#N)cs2)cc1NCC1CNCCO1. The summed E-state index contributed by atoms with van der Waals surface area (Å²) in [6, 6.07) is 3.88. The molecule has 23 heavy (non-hydrogen) atoms. The predicted molar refractivity (Wildman–Crippen MR) is 88.0 cm³/mol. The van der Waals surface area contributed by atoms with Gasteiger partial charge in [0.1, 0.15) is 6.07 Å². The highest BCUT2D eigenvalue weighted by Crippen LogP contribution is 2.22. The van der Waals surface area contributed by atoms with E-state index in [0.29, 0.717) is 23.2 Å². The minimum absolute atomic E-state index is 0.143. The largest absolute Gasteiger partial charge is 0.381 e. The second kappa shape index (κ2) is 7.32. The molecule has 0 spiro atoms. The van der Waals surface area contributed by atoms with Gasteiger partial charge in [-0.3, -0.25) is 0 Å². The van der Waals surface area contributed by atoms with Gasteiger partial charge in [-0.25, -0.2) is 4.98 Å². The highest BCUT2D eigenvalue weighted by Gasteiger charge is 2.14. The van der Waals surface area contributed by atoms with Crippen LogP contribution in [-0.2, 0) is 4.74 Å². The molecular formula is C14H17N7OS. The number of nitrogens with zero attached hydrogens (tertiary/aromatic N) is 4. The van der Waals surface area contributed by atoms with E-state index in [1.165, 1.54) is 11.3 Å².